The lowest BCUT2D eigenvalue weighted by molar-refractivity contribution is -0.438. The number of ketones is 1. The molecule has 2 aliphatic heterocycles. The molecule has 1 aliphatic carbocycles. The molecule has 0 radical (unpaired) electrons. The number of carbonyl (C=O) groups is 3. The summed E-state index contributed by atoms with van der Waals surface area (Å²) in [5, 5.41) is 20.6. The lowest BCUT2D eigenvalue weighted by atomic mass is 9.71. The van der Waals surface area contributed by atoms with E-state index in [9.17, 15) is 53.8 Å². The highest BCUT2D eigenvalue weighted by atomic mass is 32.2. The lowest BCUT2D eigenvalue weighted by Crippen LogP contribution is -2.46. The van der Waals surface area contributed by atoms with E-state index >= 15 is 0 Å². The summed E-state index contributed by atoms with van der Waals surface area (Å²) >= 11 is 0. The topological polar surface area (TPSA) is 253 Å². The fourth-order valence-corrected chi connectivity index (χ4v) is 8.82. The van der Waals surface area contributed by atoms with Gasteiger partial charge in [-0.15, -0.1) is 0 Å². The number of fused-ring (bicyclic) bond motifs is 2. The van der Waals surface area contributed by atoms with Gasteiger partial charge in [-0.25, -0.2) is 8.42 Å². The number of anilines is 1. The zero-order valence-corrected chi connectivity index (χ0v) is 32.5. The van der Waals surface area contributed by atoms with E-state index in [4.69, 9.17) is 5.11 Å². The van der Waals surface area contributed by atoms with Crippen molar-refractivity contribution in [3.05, 3.63) is 70.9 Å². The molecule has 2 aromatic rings. The van der Waals surface area contributed by atoms with Crippen molar-refractivity contribution >= 4 is 65.0 Å². The number of aliphatic hydroxyl groups excluding tert-OH is 1. The van der Waals surface area contributed by atoms with Gasteiger partial charge < -0.3 is 15.1 Å². The highest BCUT2D eigenvalue weighted by Gasteiger charge is 2.51. The van der Waals surface area contributed by atoms with Gasteiger partial charge in [0, 0.05) is 52.9 Å². The summed E-state index contributed by atoms with van der Waals surface area (Å²) in [4.78, 5) is 38.5. The van der Waals surface area contributed by atoms with Gasteiger partial charge in [0.25, 0.3) is 26.1 Å². The molecule has 1 amide bonds. The van der Waals surface area contributed by atoms with Crippen LogP contribution in [0.15, 0.2) is 69.6 Å². The van der Waals surface area contributed by atoms with Crippen LogP contribution in [0.3, 0.4) is 0 Å². The van der Waals surface area contributed by atoms with Crippen molar-refractivity contribution in [3.63, 3.8) is 0 Å². The van der Waals surface area contributed by atoms with Gasteiger partial charge in [0.2, 0.25) is 15.7 Å². The average molecular weight is 809 g/mol. The molecule has 1 saturated carbocycles. The van der Waals surface area contributed by atoms with E-state index in [-0.39, 0.29) is 22.6 Å². The van der Waals surface area contributed by atoms with E-state index in [0.717, 1.165) is 12.3 Å². The molecular weight excluding hydrogens is 767 g/mol. The molecule has 2 aromatic carbocycles. The van der Waals surface area contributed by atoms with Gasteiger partial charge in [0.1, 0.15) is 13.1 Å². The van der Waals surface area contributed by atoms with Crippen molar-refractivity contribution in [3.8, 4) is 0 Å². The van der Waals surface area contributed by atoms with Crippen LogP contribution in [-0.4, -0.2) is 98.0 Å². The summed E-state index contributed by atoms with van der Waals surface area (Å²) in [6, 6.07) is 7.83. The van der Waals surface area contributed by atoms with E-state index in [2.05, 4.69) is 0 Å². The summed E-state index contributed by atoms with van der Waals surface area (Å²) in [6.07, 6.45) is 3.93. The summed E-state index contributed by atoms with van der Waals surface area (Å²) < 4.78 is 94.9. The summed E-state index contributed by atoms with van der Waals surface area (Å²) in [5.74, 6) is -3.48. The zero-order chi connectivity index (χ0) is 40.3. The summed E-state index contributed by atoms with van der Waals surface area (Å²) in [6.45, 7) is 6.75. The summed E-state index contributed by atoms with van der Waals surface area (Å²) in [5.41, 5.74) is 0.601. The highest BCUT2D eigenvalue weighted by molar-refractivity contribution is 7.89. The Labute approximate surface area is 313 Å². The van der Waals surface area contributed by atoms with E-state index in [1.165, 1.54) is 47.4 Å². The van der Waals surface area contributed by atoms with E-state index < -0.39 is 82.2 Å². The predicted octanol–water partition coefficient (Wildman–Crippen LogP) is 2.44. The van der Waals surface area contributed by atoms with Crippen LogP contribution >= 0.6 is 0 Å². The van der Waals surface area contributed by atoms with E-state index in [1.807, 2.05) is 9.30 Å². The fraction of sp³-hybridized carbons (Fsp3) is 0.429. The van der Waals surface area contributed by atoms with Crippen LogP contribution in [-0.2, 0) is 55.5 Å². The van der Waals surface area contributed by atoms with Crippen LogP contribution in [0.1, 0.15) is 64.5 Å². The molecule has 16 nitrogen and oxygen atoms in total. The maximum atomic E-state index is 13.9. The number of aliphatic hydroxyl groups is 1. The smallest absolute Gasteiger partial charge is 0.303 e. The molecule has 2 atom stereocenters. The second-order valence-electron chi connectivity index (χ2n) is 14.7. The summed E-state index contributed by atoms with van der Waals surface area (Å²) in [7, 11) is -13.1. The van der Waals surface area contributed by atoms with Crippen molar-refractivity contribution in [2.75, 3.05) is 24.2 Å². The number of unbranched alkanes of at least 4 members (excludes halogenated alkanes) is 2. The van der Waals surface area contributed by atoms with Gasteiger partial charge in [-0.3, -0.25) is 28.2 Å². The Balaban J connectivity index is 1.54. The fourth-order valence-electron chi connectivity index (χ4n) is 7.33. The number of aliphatic carboxylic acids is 1. The third-order valence-electron chi connectivity index (χ3n) is 10.1. The molecular formula is C35H42N3O13S3+. The number of hydrogen-bond acceptors (Lipinski definition) is 11. The van der Waals surface area contributed by atoms with Crippen LogP contribution in [0.2, 0.25) is 0 Å². The number of rotatable bonds is 13. The SMILES string of the molecule is CC1(C)C(=CC2C(=O)C(=CC3=[N+](CCCCCC(=O)O)c4ccc(S(=O)(=O)O)cc4C3(C)C)C2O)N(CC(=O)NS(C)(=O)=O)c2ccc(S(=O)(=O)O)cc21. The molecule has 19 heteroatoms. The second kappa shape index (κ2) is 14.1. The van der Waals surface area contributed by atoms with Gasteiger partial charge in [0.05, 0.1) is 33.5 Å². The number of nitrogens with zero attached hydrogens (tertiary/aromatic N) is 2. The lowest BCUT2D eigenvalue weighted by Gasteiger charge is -2.35. The number of Topliss-reactive ketones (excluding diaryl/α,β-unsaturated/α-hetero) is 1. The number of nitrogens with one attached hydrogen (secondary N) is 1. The van der Waals surface area contributed by atoms with Gasteiger partial charge >= 0.3 is 5.97 Å². The van der Waals surface area contributed by atoms with Crippen LogP contribution < -0.4 is 9.62 Å². The van der Waals surface area contributed by atoms with Crippen molar-refractivity contribution in [2.24, 2.45) is 5.92 Å². The van der Waals surface area contributed by atoms with Gasteiger partial charge in [0.15, 0.2) is 11.5 Å². The molecule has 2 heterocycles. The minimum absolute atomic E-state index is 0.0125. The molecule has 0 aromatic heterocycles. The van der Waals surface area contributed by atoms with Crippen molar-refractivity contribution < 1.29 is 63.5 Å². The van der Waals surface area contributed by atoms with Crippen molar-refractivity contribution in [2.45, 2.75) is 80.1 Å². The van der Waals surface area contributed by atoms with Gasteiger partial charge in [-0.1, -0.05) is 19.9 Å². The van der Waals surface area contributed by atoms with Crippen molar-refractivity contribution in [1.82, 2.24) is 4.72 Å². The molecule has 0 bridgehead atoms. The third-order valence-corrected chi connectivity index (χ3v) is 12.4. The Hall–Kier alpha value is -4.27. The Morgan fingerprint density at radius 1 is 0.889 bits per heavy atom. The Morgan fingerprint density at radius 2 is 1.48 bits per heavy atom. The van der Waals surface area contributed by atoms with Crippen LogP contribution in [0.5, 0.6) is 0 Å². The van der Waals surface area contributed by atoms with Gasteiger partial charge in [-0.05, 0) is 62.6 Å². The first kappa shape index (κ1) is 40.9. The minimum Gasteiger partial charge on any atom is -0.481 e. The van der Waals surface area contributed by atoms with E-state index in [0.29, 0.717) is 54.0 Å². The number of amides is 1. The molecule has 5 N–H and O–H groups in total. The predicted molar refractivity (Wildman–Crippen MR) is 195 cm³/mol. The first-order valence-electron chi connectivity index (χ1n) is 16.8. The molecule has 2 unspecified atom stereocenters. The van der Waals surface area contributed by atoms with Crippen LogP contribution in [0.4, 0.5) is 11.4 Å². The quantitative estimate of drug-likeness (QED) is 0.0844. The minimum atomic E-state index is -4.64. The normalized spacial score (nSPS) is 22.0. The number of carboxylic acids is 1. The number of sulfonamides is 1. The largest absolute Gasteiger partial charge is 0.481 e. The Bertz CT molecular complexity index is 2390. The van der Waals surface area contributed by atoms with Crippen molar-refractivity contribution in [1.29, 1.82) is 0 Å². The molecule has 292 valence electrons. The molecule has 1 fully saturated rings. The molecule has 0 spiro atoms. The number of carbonyl (C=O) groups excluding carboxylic acids is 2. The number of allylic oxidation sites excluding steroid dienone is 2. The maximum absolute atomic E-state index is 13.9. The highest BCUT2D eigenvalue weighted by Crippen LogP contribution is 2.50. The first-order valence-corrected chi connectivity index (χ1v) is 21.6. The molecule has 0 saturated heterocycles. The van der Waals surface area contributed by atoms with Crippen LogP contribution in [0, 0.1) is 5.92 Å². The average Bonchev–Trinajstić information content (AvgIpc) is 3.37. The first-order chi connectivity index (χ1) is 24.7. The number of hydrogen-bond donors (Lipinski definition) is 5. The van der Waals surface area contributed by atoms with Crippen LogP contribution in [0.25, 0.3) is 0 Å². The number of benzene rings is 2. The number of carboxylic acid groups (broad SMARTS) is 1. The van der Waals surface area contributed by atoms with Gasteiger partial charge in [-0.2, -0.15) is 21.4 Å². The molecule has 54 heavy (non-hydrogen) atoms. The third kappa shape index (κ3) is 7.92. The maximum Gasteiger partial charge on any atom is 0.303 e. The Morgan fingerprint density at radius 3 is 2.04 bits per heavy atom. The van der Waals surface area contributed by atoms with E-state index in [1.54, 1.807) is 27.7 Å². The standard InChI is InChI=1S/C35H41N3O13S3/c1-34(2)24-15-20(53(46,47)48)10-12-26(24)37(14-8-6-7-9-31(40)41)28(34)17-22-32(42)23(33(22)43)18-29-35(3,4)25-16-21(54(49,50)51)11-13-27(25)38(29)19-30(39)36-52(5,44)45/h10-13,15-18,23,32,42H,6-9,14,19H2,1-5H3,(H3-,36,39,40,41,46,47,48,49,50,51)/p+1. The monoisotopic (exact) mass is 808 g/mol. The molecule has 3 aliphatic rings. The Kier molecular flexibility index (Phi) is 10.7. The molecule has 5 rings (SSSR count). The second-order valence-corrected chi connectivity index (χ2v) is 19.3. The zero-order valence-electron chi connectivity index (χ0n) is 30.1.